The van der Waals surface area contributed by atoms with Gasteiger partial charge in [-0.3, -0.25) is 4.68 Å². The number of hydrogen-bond donors (Lipinski definition) is 1. The van der Waals surface area contributed by atoms with Crippen LogP contribution in [0.15, 0.2) is 17.5 Å². The maximum Gasteiger partial charge on any atom is 0.130 e. The van der Waals surface area contributed by atoms with Crippen LogP contribution in [0, 0.1) is 11.8 Å². The van der Waals surface area contributed by atoms with Gasteiger partial charge in [-0.1, -0.05) is 12.5 Å². The number of nitrogens with zero attached hydrogens (tertiary/aromatic N) is 2. The van der Waals surface area contributed by atoms with E-state index >= 15 is 0 Å². The normalized spacial score (nSPS) is 29.2. The van der Waals surface area contributed by atoms with E-state index in [1.165, 1.54) is 41.8 Å². The third-order valence-corrected chi connectivity index (χ3v) is 5.86. The summed E-state index contributed by atoms with van der Waals surface area (Å²) in [7, 11) is 1.96. The predicted octanol–water partition coefficient (Wildman–Crippen LogP) is 3.63. The zero-order chi connectivity index (χ0) is 13.0. The van der Waals surface area contributed by atoms with Crippen molar-refractivity contribution in [2.75, 3.05) is 5.73 Å². The molecule has 4 rings (SSSR count). The summed E-state index contributed by atoms with van der Waals surface area (Å²) < 4.78 is 1.86. The molecule has 19 heavy (non-hydrogen) atoms. The molecule has 2 N–H and O–H groups in total. The van der Waals surface area contributed by atoms with E-state index in [-0.39, 0.29) is 0 Å². The molecular formula is C15H19N3S. The van der Waals surface area contributed by atoms with E-state index in [9.17, 15) is 0 Å². The van der Waals surface area contributed by atoms with Gasteiger partial charge >= 0.3 is 0 Å². The molecule has 0 saturated heterocycles. The smallest absolute Gasteiger partial charge is 0.130 e. The molecule has 3 atom stereocenters. The highest BCUT2D eigenvalue weighted by molar-refractivity contribution is 7.13. The molecule has 3 unspecified atom stereocenters. The first-order chi connectivity index (χ1) is 9.24. The third kappa shape index (κ3) is 1.66. The fraction of sp³-hybridized carbons (Fsp3) is 0.533. The van der Waals surface area contributed by atoms with Gasteiger partial charge in [0.1, 0.15) is 5.82 Å². The number of hydrogen-bond acceptors (Lipinski definition) is 3. The standard InChI is InChI=1S/C15H19N3S/c1-18-15(16)13(12-3-2-6-19-12)14(17-18)11-8-9-4-5-10(11)7-9/h2-3,6,9-11H,4-5,7-8,16H2,1H3. The number of aromatic nitrogens is 2. The molecule has 0 aromatic carbocycles. The van der Waals surface area contributed by atoms with Gasteiger partial charge in [-0.2, -0.15) is 5.10 Å². The topological polar surface area (TPSA) is 43.8 Å². The second-order valence-corrected chi connectivity index (χ2v) is 6.98. The van der Waals surface area contributed by atoms with Crippen LogP contribution >= 0.6 is 11.3 Å². The first kappa shape index (κ1) is 11.5. The zero-order valence-electron chi connectivity index (χ0n) is 11.2. The first-order valence-corrected chi connectivity index (χ1v) is 7.98. The molecule has 0 spiro atoms. The average molecular weight is 273 g/mol. The van der Waals surface area contributed by atoms with Crippen molar-refractivity contribution in [2.45, 2.75) is 31.6 Å². The lowest BCUT2D eigenvalue weighted by molar-refractivity contribution is 0.411. The lowest BCUT2D eigenvalue weighted by Gasteiger charge is -2.20. The van der Waals surface area contributed by atoms with Gasteiger partial charge in [-0.15, -0.1) is 11.3 Å². The van der Waals surface area contributed by atoms with Crippen LogP contribution in [0.4, 0.5) is 5.82 Å². The summed E-state index contributed by atoms with van der Waals surface area (Å²) in [6, 6.07) is 4.26. The molecule has 2 aliphatic carbocycles. The predicted molar refractivity (Wildman–Crippen MR) is 79.1 cm³/mol. The summed E-state index contributed by atoms with van der Waals surface area (Å²) in [4.78, 5) is 1.27. The van der Waals surface area contributed by atoms with E-state index in [1.807, 2.05) is 11.7 Å². The summed E-state index contributed by atoms with van der Waals surface area (Å²) in [6.07, 6.45) is 5.54. The average Bonchev–Trinajstić information content (AvgIpc) is 3.14. The van der Waals surface area contributed by atoms with E-state index in [0.29, 0.717) is 5.92 Å². The van der Waals surface area contributed by atoms with Crippen LogP contribution in [0.5, 0.6) is 0 Å². The second kappa shape index (κ2) is 4.10. The molecule has 0 amide bonds. The fourth-order valence-corrected chi connectivity index (χ4v) is 4.86. The monoisotopic (exact) mass is 273 g/mol. The number of fused-ring (bicyclic) bond motifs is 2. The summed E-state index contributed by atoms with van der Waals surface area (Å²) in [5, 5.41) is 6.88. The van der Waals surface area contributed by atoms with Crippen molar-refractivity contribution in [3.05, 3.63) is 23.2 Å². The molecule has 2 fully saturated rings. The van der Waals surface area contributed by atoms with E-state index < -0.39 is 0 Å². The minimum atomic E-state index is 0.638. The van der Waals surface area contributed by atoms with Gasteiger partial charge in [0.05, 0.1) is 11.3 Å². The van der Waals surface area contributed by atoms with Crippen LogP contribution in [0.2, 0.25) is 0 Å². The van der Waals surface area contributed by atoms with Gasteiger partial charge in [0.2, 0.25) is 0 Å². The molecule has 4 heteroatoms. The molecular weight excluding hydrogens is 254 g/mol. The van der Waals surface area contributed by atoms with Crippen molar-refractivity contribution in [1.82, 2.24) is 9.78 Å². The highest BCUT2D eigenvalue weighted by atomic mass is 32.1. The Morgan fingerprint density at radius 2 is 2.26 bits per heavy atom. The second-order valence-electron chi connectivity index (χ2n) is 6.03. The van der Waals surface area contributed by atoms with E-state index in [2.05, 4.69) is 17.5 Å². The van der Waals surface area contributed by atoms with Crippen LogP contribution in [0.3, 0.4) is 0 Å². The maximum atomic E-state index is 6.27. The molecule has 2 aliphatic rings. The van der Waals surface area contributed by atoms with Crippen LogP contribution in [-0.4, -0.2) is 9.78 Å². The number of nitrogens with two attached hydrogens (primary N) is 1. The molecule has 2 saturated carbocycles. The minimum Gasteiger partial charge on any atom is -0.383 e. The van der Waals surface area contributed by atoms with Gasteiger partial charge < -0.3 is 5.73 Å². The van der Waals surface area contributed by atoms with Gasteiger partial charge in [-0.25, -0.2) is 0 Å². The fourth-order valence-electron chi connectivity index (χ4n) is 4.07. The number of anilines is 1. The Morgan fingerprint density at radius 1 is 1.37 bits per heavy atom. The molecule has 2 aromatic rings. The zero-order valence-corrected chi connectivity index (χ0v) is 12.0. The first-order valence-electron chi connectivity index (χ1n) is 7.10. The van der Waals surface area contributed by atoms with Crippen molar-refractivity contribution >= 4 is 17.2 Å². The Kier molecular flexibility index (Phi) is 2.49. The SMILES string of the molecule is Cn1nc(C2CC3CCC2C3)c(-c2cccs2)c1N. The molecule has 0 aliphatic heterocycles. The lowest BCUT2D eigenvalue weighted by atomic mass is 9.84. The van der Waals surface area contributed by atoms with Crippen LogP contribution in [0.25, 0.3) is 10.4 Å². The molecule has 2 bridgehead atoms. The minimum absolute atomic E-state index is 0.638. The van der Waals surface area contributed by atoms with Crippen LogP contribution in [-0.2, 0) is 7.05 Å². The Balaban J connectivity index is 1.82. The van der Waals surface area contributed by atoms with Gasteiger partial charge in [0.25, 0.3) is 0 Å². The van der Waals surface area contributed by atoms with Crippen LogP contribution < -0.4 is 5.73 Å². The van der Waals surface area contributed by atoms with Gasteiger partial charge in [-0.05, 0) is 42.5 Å². The van der Waals surface area contributed by atoms with Crippen molar-refractivity contribution in [3.8, 4) is 10.4 Å². The summed E-state index contributed by atoms with van der Waals surface area (Å²) in [5.74, 6) is 3.24. The maximum absolute atomic E-state index is 6.27. The molecule has 2 heterocycles. The van der Waals surface area contributed by atoms with E-state index in [4.69, 9.17) is 10.8 Å². The highest BCUT2D eigenvalue weighted by Gasteiger charge is 2.42. The summed E-state index contributed by atoms with van der Waals surface area (Å²) >= 11 is 1.76. The highest BCUT2D eigenvalue weighted by Crippen LogP contribution is 2.54. The largest absolute Gasteiger partial charge is 0.383 e. The number of rotatable bonds is 2. The van der Waals surface area contributed by atoms with E-state index in [1.54, 1.807) is 11.3 Å². The van der Waals surface area contributed by atoms with Gasteiger partial charge in [0, 0.05) is 17.8 Å². The number of thiophene rings is 1. The van der Waals surface area contributed by atoms with Crippen molar-refractivity contribution in [3.63, 3.8) is 0 Å². The summed E-state index contributed by atoms with van der Waals surface area (Å²) in [5.41, 5.74) is 8.73. The Bertz CT molecular complexity index is 599. The molecule has 2 aromatic heterocycles. The van der Waals surface area contributed by atoms with E-state index in [0.717, 1.165) is 17.7 Å². The molecule has 3 nitrogen and oxygen atoms in total. The van der Waals surface area contributed by atoms with Crippen molar-refractivity contribution < 1.29 is 0 Å². The Hall–Kier alpha value is -1.29. The van der Waals surface area contributed by atoms with Crippen molar-refractivity contribution in [1.29, 1.82) is 0 Å². The molecule has 100 valence electrons. The summed E-state index contributed by atoms with van der Waals surface area (Å²) in [6.45, 7) is 0. The third-order valence-electron chi connectivity index (χ3n) is 4.98. The molecule has 0 radical (unpaired) electrons. The number of aryl methyl sites for hydroxylation is 1. The Morgan fingerprint density at radius 3 is 2.89 bits per heavy atom. The van der Waals surface area contributed by atoms with Gasteiger partial charge in [0.15, 0.2) is 0 Å². The Labute approximate surface area is 117 Å². The quantitative estimate of drug-likeness (QED) is 0.908. The van der Waals surface area contributed by atoms with Crippen molar-refractivity contribution in [2.24, 2.45) is 18.9 Å². The number of nitrogen functional groups attached to an aromatic ring is 1. The lowest BCUT2D eigenvalue weighted by Crippen LogP contribution is -2.10. The van der Waals surface area contributed by atoms with Crippen LogP contribution in [0.1, 0.15) is 37.3 Å².